The van der Waals surface area contributed by atoms with Crippen molar-refractivity contribution in [3.8, 4) is 0 Å². The van der Waals surface area contributed by atoms with Crippen LogP contribution in [0, 0.1) is 12.7 Å². The molecule has 0 saturated heterocycles. The van der Waals surface area contributed by atoms with Crippen molar-refractivity contribution in [3.63, 3.8) is 0 Å². The largest absolute Gasteiger partial charge is 0.362 e. The van der Waals surface area contributed by atoms with Crippen LogP contribution in [0.5, 0.6) is 0 Å². The Morgan fingerprint density at radius 2 is 1.88 bits per heavy atom. The monoisotopic (exact) mass is 357 g/mol. The maximum absolute atomic E-state index is 13.3. The molecule has 1 heterocycles. The number of aryl methyl sites for hydroxylation is 1. The number of hydrogen-bond acceptors (Lipinski definition) is 2. The molecule has 0 unspecified atom stereocenters. The van der Waals surface area contributed by atoms with Gasteiger partial charge in [0.1, 0.15) is 11.6 Å². The smallest absolute Gasteiger partial charge is 0.171 e. The van der Waals surface area contributed by atoms with E-state index in [-0.39, 0.29) is 11.2 Å². The fraction of sp³-hybridized carbons (Fsp3) is 0.400. The molecule has 2 N–H and O–H groups in total. The molecular formula is C20H24FN3S. The summed E-state index contributed by atoms with van der Waals surface area (Å²) in [6, 6.07) is 10.9. The average molecular weight is 357 g/mol. The Morgan fingerprint density at radius 3 is 2.56 bits per heavy atom. The predicted octanol–water partition coefficient (Wildman–Crippen LogP) is 4.72. The highest BCUT2D eigenvalue weighted by atomic mass is 32.1. The highest BCUT2D eigenvalue weighted by Gasteiger charge is 2.34. The Bertz CT molecular complexity index is 724. The number of halogens is 1. The zero-order valence-corrected chi connectivity index (χ0v) is 15.3. The number of aromatic nitrogens is 1. The first-order valence-electron chi connectivity index (χ1n) is 8.82. The Morgan fingerprint density at radius 1 is 1.16 bits per heavy atom. The third-order valence-corrected chi connectivity index (χ3v) is 5.34. The molecule has 0 spiro atoms. The minimum Gasteiger partial charge on any atom is -0.362 e. The summed E-state index contributed by atoms with van der Waals surface area (Å²) < 4.78 is 13.3. The molecule has 1 aliphatic rings. The highest BCUT2D eigenvalue weighted by molar-refractivity contribution is 7.80. The van der Waals surface area contributed by atoms with Gasteiger partial charge >= 0.3 is 0 Å². The van der Waals surface area contributed by atoms with Gasteiger partial charge in [0.25, 0.3) is 0 Å². The van der Waals surface area contributed by atoms with E-state index in [1.54, 1.807) is 18.3 Å². The average Bonchev–Trinajstić information content (AvgIpc) is 2.63. The van der Waals surface area contributed by atoms with Gasteiger partial charge in [-0.05, 0) is 61.3 Å². The molecule has 0 atom stereocenters. The normalized spacial score (nSPS) is 16.2. The molecule has 1 fully saturated rings. The molecule has 25 heavy (non-hydrogen) atoms. The van der Waals surface area contributed by atoms with Gasteiger partial charge in [-0.25, -0.2) is 9.37 Å². The molecule has 1 aliphatic carbocycles. The van der Waals surface area contributed by atoms with Crippen LogP contribution in [0.15, 0.2) is 42.6 Å². The van der Waals surface area contributed by atoms with Crippen molar-refractivity contribution in [1.29, 1.82) is 0 Å². The summed E-state index contributed by atoms with van der Waals surface area (Å²) in [6.45, 7) is 2.75. The SMILES string of the molecule is Cc1cccnc1NC(=S)NCC1(c2ccc(F)cc2)CCCCC1. The van der Waals surface area contributed by atoms with Crippen molar-refractivity contribution in [1.82, 2.24) is 10.3 Å². The summed E-state index contributed by atoms with van der Waals surface area (Å²) in [5.41, 5.74) is 2.26. The first-order chi connectivity index (χ1) is 12.1. The molecule has 132 valence electrons. The van der Waals surface area contributed by atoms with Crippen molar-refractivity contribution >= 4 is 23.1 Å². The molecular weight excluding hydrogens is 333 g/mol. The quantitative estimate of drug-likeness (QED) is 0.777. The number of benzene rings is 1. The van der Waals surface area contributed by atoms with Crippen LogP contribution < -0.4 is 10.6 Å². The number of thiocarbonyl (C=S) groups is 1. The van der Waals surface area contributed by atoms with Crippen molar-refractivity contribution < 1.29 is 4.39 Å². The molecule has 3 nitrogen and oxygen atoms in total. The summed E-state index contributed by atoms with van der Waals surface area (Å²) in [5, 5.41) is 7.12. The van der Waals surface area contributed by atoms with E-state index in [9.17, 15) is 4.39 Å². The predicted molar refractivity (Wildman–Crippen MR) is 104 cm³/mol. The van der Waals surface area contributed by atoms with Gasteiger partial charge in [0.2, 0.25) is 0 Å². The van der Waals surface area contributed by atoms with Crippen molar-refractivity contribution in [2.75, 3.05) is 11.9 Å². The van der Waals surface area contributed by atoms with Gasteiger partial charge < -0.3 is 10.6 Å². The Kier molecular flexibility index (Phi) is 5.63. The van der Waals surface area contributed by atoms with Gasteiger partial charge in [0.05, 0.1) is 0 Å². The Balaban J connectivity index is 1.70. The number of rotatable bonds is 4. The van der Waals surface area contributed by atoms with Crippen LogP contribution in [0.2, 0.25) is 0 Å². The number of pyridine rings is 1. The zero-order chi connectivity index (χ0) is 17.7. The summed E-state index contributed by atoms with van der Waals surface area (Å²) in [6.07, 6.45) is 7.59. The van der Waals surface area contributed by atoms with E-state index < -0.39 is 0 Å². The van der Waals surface area contributed by atoms with E-state index in [1.165, 1.54) is 24.8 Å². The molecule has 0 amide bonds. The van der Waals surface area contributed by atoms with E-state index in [4.69, 9.17) is 12.2 Å². The van der Waals surface area contributed by atoms with Gasteiger partial charge in [-0.1, -0.05) is 37.5 Å². The van der Waals surface area contributed by atoms with Crippen LogP contribution in [-0.2, 0) is 5.41 Å². The van der Waals surface area contributed by atoms with Crippen LogP contribution >= 0.6 is 12.2 Å². The Labute approximate surface area is 154 Å². The second-order valence-corrected chi connectivity index (χ2v) is 7.23. The van der Waals surface area contributed by atoms with Crippen LogP contribution in [-0.4, -0.2) is 16.6 Å². The lowest BCUT2D eigenvalue weighted by molar-refractivity contribution is 0.292. The lowest BCUT2D eigenvalue weighted by Crippen LogP contribution is -2.43. The highest BCUT2D eigenvalue weighted by Crippen LogP contribution is 2.39. The minimum atomic E-state index is -0.189. The molecule has 5 heteroatoms. The second kappa shape index (κ2) is 7.91. The van der Waals surface area contributed by atoms with Crippen LogP contribution in [0.4, 0.5) is 10.2 Å². The summed E-state index contributed by atoms with van der Waals surface area (Å²) in [4.78, 5) is 4.32. The maximum atomic E-state index is 13.3. The lowest BCUT2D eigenvalue weighted by atomic mass is 9.69. The van der Waals surface area contributed by atoms with Crippen molar-refractivity contribution in [3.05, 3.63) is 59.5 Å². The van der Waals surface area contributed by atoms with Gasteiger partial charge in [-0.2, -0.15) is 0 Å². The topological polar surface area (TPSA) is 37.0 Å². The minimum absolute atomic E-state index is 0.0108. The lowest BCUT2D eigenvalue weighted by Gasteiger charge is -2.38. The van der Waals surface area contributed by atoms with E-state index in [0.717, 1.165) is 30.8 Å². The van der Waals surface area contributed by atoms with E-state index in [1.807, 2.05) is 31.2 Å². The van der Waals surface area contributed by atoms with Crippen LogP contribution in [0.25, 0.3) is 0 Å². The maximum Gasteiger partial charge on any atom is 0.171 e. The van der Waals surface area contributed by atoms with Crippen molar-refractivity contribution in [2.45, 2.75) is 44.4 Å². The first kappa shape index (κ1) is 17.8. The van der Waals surface area contributed by atoms with Gasteiger partial charge in [-0.3, -0.25) is 0 Å². The molecule has 1 saturated carbocycles. The second-order valence-electron chi connectivity index (χ2n) is 6.82. The summed E-state index contributed by atoms with van der Waals surface area (Å²) >= 11 is 5.46. The Hall–Kier alpha value is -2.01. The fourth-order valence-electron chi connectivity index (χ4n) is 3.62. The molecule has 1 aromatic heterocycles. The third-order valence-electron chi connectivity index (χ3n) is 5.10. The van der Waals surface area contributed by atoms with E-state index in [0.29, 0.717) is 5.11 Å². The number of hydrogen-bond donors (Lipinski definition) is 2. The van der Waals surface area contributed by atoms with Gasteiger partial charge in [0.15, 0.2) is 5.11 Å². The number of nitrogens with zero attached hydrogens (tertiary/aromatic N) is 1. The number of anilines is 1. The van der Waals surface area contributed by atoms with E-state index >= 15 is 0 Å². The molecule has 0 bridgehead atoms. The fourth-order valence-corrected chi connectivity index (χ4v) is 3.79. The first-order valence-corrected chi connectivity index (χ1v) is 9.22. The molecule has 3 rings (SSSR count). The van der Waals surface area contributed by atoms with Crippen LogP contribution in [0.3, 0.4) is 0 Å². The number of nitrogens with one attached hydrogen (secondary N) is 2. The van der Waals surface area contributed by atoms with E-state index in [2.05, 4.69) is 15.6 Å². The molecule has 0 aliphatic heterocycles. The van der Waals surface area contributed by atoms with Crippen molar-refractivity contribution in [2.24, 2.45) is 0 Å². The third kappa shape index (κ3) is 4.34. The molecule has 1 aromatic carbocycles. The van der Waals surface area contributed by atoms with Gasteiger partial charge in [-0.15, -0.1) is 0 Å². The molecule has 2 aromatic rings. The zero-order valence-electron chi connectivity index (χ0n) is 14.5. The molecule has 0 radical (unpaired) electrons. The van der Waals surface area contributed by atoms with Crippen LogP contribution in [0.1, 0.15) is 43.2 Å². The standard InChI is InChI=1S/C20H24FN3S/c1-15-6-5-13-22-18(15)24-19(25)23-14-20(11-3-2-4-12-20)16-7-9-17(21)10-8-16/h5-10,13H,2-4,11-12,14H2,1H3,(H2,22,23,24,25). The summed E-state index contributed by atoms with van der Waals surface area (Å²) in [5.74, 6) is 0.588. The summed E-state index contributed by atoms with van der Waals surface area (Å²) in [7, 11) is 0. The van der Waals surface area contributed by atoms with Gasteiger partial charge in [0, 0.05) is 18.2 Å².